The van der Waals surface area contributed by atoms with Gasteiger partial charge in [0.1, 0.15) is 0 Å². The van der Waals surface area contributed by atoms with E-state index in [1.165, 1.54) is 5.56 Å². The molecular formula is C18H24N4O. The van der Waals surface area contributed by atoms with Crippen LogP contribution in [0.15, 0.2) is 36.4 Å². The Morgan fingerprint density at radius 2 is 1.70 bits per heavy atom. The van der Waals surface area contributed by atoms with E-state index < -0.39 is 0 Å². The minimum Gasteiger partial charge on any atom is -0.338 e. The van der Waals surface area contributed by atoms with Gasteiger partial charge in [0.15, 0.2) is 11.6 Å². The average Bonchev–Trinajstić information content (AvgIpc) is 2.49. The third kappa shape index (κ3) is 4.77. The number of benzene rings is 1. The maximum absolute atomic E-state index is 11.5. The van der Waals surface area contributed by atoms with Gasteiger partial charge in [-0.25, -0.2) is 0 Å². The molecule has 1 aromatic heterocycles. The number of nitrogens with zero attached hydrogens (tertiary/aromatic N) is 2. The van der Waals surface area contributed by atoms with E-state index in [2.05, 4.69) is 47.7 Å². The van der Waals surface area contributed by atoms with Crippen LogP contribution in [0.25, 0.3) is 0 Å². The molecule has 122 valence electrons. The van der Waals surface area contributed by atoms with Crippen LogP contribution in [0.2, 0.25) is 0 Å². The summed E-state index contributed by atoms with van der Waals surface area (Å²) in [4.78, 5) is 11.5. The second-order valence-corrected chi connectivity index (χ2v) is 6.52. The third-order valence-corrected chi connectivity index (χ3v) is 3.41. The number of hydrogen-bond donors (Lipinski definition) is 2. The van der Waals surface area contributed by atoms with Crippen LogP contribution in [-0.2, 0) is 10.2 Å². The molecule has 0 saturated heterocycles. The van der Waals surface area contributed by atoms with Crippen molar-refractivity contribution in [1.82, 2.24) is 10.2 Å². The minimum atomic E-state index is -0.0411. The lowest BCUT2D eigenvalue weighted by Crippen LogP contribution is -2.14. The average molecular weight is 312 g/mol. The van der Waals surface area contributed by atoms with E-state index in [-0.39, 0.29) is 11.3 Å². The Morgan fingerprint density at radius 1 is 1.04 bits per heavy atom. The number of amides is 1. The third-order valence-electron chi connectivity index (χ3n) is 3.41. The van der Waals surface area contributed by atoms with E-state index >= 15 is 0 Å². The van der Waals surface area contributed by atoms with Gasteiger partial charge in [-0.2, -0.15) is 0 Å². The van der Waals surface area contributed by atoms with Gasteiger partial charge < -0.3 is 10.6 Å². The highest BCUT2D eigenvalue weighted by atomic mass is 16.1. The van der Waals surface area contributed by atoms with Gasteiger partial charge in [-0.05, 0) is 35.6 Å². The molecule has 2 aromatic rings. The predicted molar refractivity (Wildman–Crippen MR) is 94.0 cm³/mol. The fraction of sp³-hybridized carbons (Fsp3) is 0.389. The summed E-state index contributed by atoms with van der Waals surface area (Å²) in [6.45, 7) is 8.48. The molecule has 2 N–H and O–H groups in total. The van der Waals surface area contributed by atoms with Crippen molar-refractivity contribution in [2.45, 2.75) is 46.0 Å². The summed E-state index contributed by atoms with van der Waals surface area (Å²) in [5.41, 5.74) is 2.25. The molecule has 5 heteroatoms. The Labute approximate surface area is 137 Å². The molecule has 1 amide bonds. The Balaban J connectivity index is 2.12. The van der Waals surface area contributed by atoms with E-state index in [9.17, 15) is 4.79 Å². The topological polar surface area (TPSA) is 66.9 Å². The van der Waals surface area contributed by atoms with Gasteiger partial charge in [0, 0.05) is 12.1 Å². The number of carbonyl (C=O) groups excluding carboxylic acids is 1. The highest BCUT2D eigenvalue weighted by Gasteiger charge is 2.17. The standard InChI is InChI=1S/C18H24N4O/c1-5-8-17(23)20-16-12-11-15(21-22-16)19-14-10-7-6-9-13(14)18(2,3)4/h6-7,9-12H,5,8H2,1-4H3,(H,19,21)(H,20,22,23). The summed E-state index contributed by atoms with van der Waals surface area (Å²) in [6.07, 6.45) is 1.29. The number of hydrogen-bond acceptors (Lipinski definition) is 4. The first-order chi connectivity index (χ1) is 10.9. The van der Waals surface area contributed by atoms with Crippen LogP contribution in [0.3, 0.4) is 0 Å². The molecule has 0 radical (unpaired) electrons. The molecule has 23 heavy (non-hydrogen) atoms. The molecule has 5 nitrogen and oxygen atoms in total. The monoisotopic (exact) mass is 312 g/mol. The first-order valence-corrected chi connectivity index (χ1v) is 7.90. The van der Waals surface area contributed by atoms with Crippen molar-refractivity contribution in [2.75, 3.05) is 10.6 Å². The zero-order valence-corrected chi connectivity index (χ0v) is 14.2. The summed E-state index contributed by atoms with van der Waals surface area (Å²) in [5, 5.41) is 14.2. The van der Waals surface area contributed by atoms with Gasteiger partial charge in [0.25, 0.3) is 0 Å². The van der Waals surface area contributed by atoms with Crippen LogP contribution < -0.4 is 10.6 Å². The molecule has 0 saturated carbocycles. The predicted octanol–water partition coefficient (Wildman–Crippen LogP) is 4.26. The summed E-state index contributed by atoms with van der Waals surface area (Å²) < 4.78 is 0. The Morgan fingerprint density at radius 3 is 2.30 bits per heavy atom. The van der Waals surface area contributed by atoms with E-state index in [0.717, 1.165) is 12.1 Å². The largest absolute Gasteiger partial charge is 0.338 e. The molecular weight excluding hydrogens is 288 g/mol. The van der Waals surface area contributed by atoms with Crippen molar-refractivity contribution in [3.63, 3.8) is 0 Å². The second kappa shape index (κ2) is 7.22. The lowest BCUT2D eigenvalue weighted by Gasteiger charge is -2.23. The highest BCUT2D eigenvalue weighted by molar-refractivity contribution is 5.89. The number of aromatic nitrogens is 2. The lowest BCUT2D eigenvalue weighted by atomic mass is 9.86. The molecule has 0 atom stereocenters. The molecule has 2 rings (SSSR count). The molecule has 0 spiro atoms. The zero-order valence-electron chi connectivity index (χ0n) is 14.2. The van der Waals surface area contributed by atoms with Crippen molar-refractivity contribution < 1.29 is 4.79 Å². The van der Waals surface area contributed by atoms with E-state index in [1.54, 1.807) is 6.07 Å². The normalized spacial score (nSPS) is 11.1. The van der Waals surface area contributed by atoms with Gasteiger partial charge in [0.2, 0.25) is 5.91 Å². The second-order valence-electron chi connectivity index (χ2n) is 6.52. The zero-order chi connectivity index (χ0) is 16.9. The molecule has 0 bridgehead atoms. The molecule has 0 aliphatic heterocycles. The summed E-state index contributed by atoms with van der Waals surface area (Å²) in [5.74, 6) is 1.08. The van der Waals surface area contributed by atoms with E-state index in [4.69, 9.17) is 0 Å². The lowest BCUT2D eigenvalue weighted by molar-refractivity contribution is -0.116. The van der Waals surface area contributed by atoms with Crippen LogP contribution in [0.4, 0.5) is 17.3 Å². The molecule has 1 aromatic carbocycles. The highest BCUT2D eigenvalue weighted by Crippen LogP contribution is 2.30. The fourth-order valence-corrected chi connectivity index (χ4v) is 2.28. The first-order valence-electron chi connectivity index (χ1n) is 7.90. The van der Waals surface area contributed by atoms with Crippen LogP contribution in [0, 0.1) is 0 Å². The molecule has 1 heterocycles. The van der Waals surface area contributed by atoms with Crippen LogP contribution in [0.1, 0.15) is 46.1 Å². The number of anilines is 3. The van der Waals surface area contributed by atoms with Gasteiger partial charge in [0.05, 0.1) is 0 Å². The molecule has 0 aliphatic rings. The minimum absolute atomic E-state index is 0.0328. The van der Waals surface area contributed by atoms with Crippen molar-refractivity contribution in [3.05, 3.63) is 42.0 Å². The van der Waals surface area contributed by atoms with Crippen LogP contribution in [-0.4, -0.2) is 16.1 Å². The van der Waals surface area contributed by atoms with Gasteiger partial charge in [-0.3, -0.25) is 4.79 Å². The SMILES string of the molecule is CCCC(=O)Nc1ccc(Nc2ccccc2C(C)(C)C)nn1. The first kappa shape index (κ1) is 16.9. The number of nitrogens with one attached hydrogen (secondary N) is 2. The number of para-hydroxylation sites is 1. The maximum Gasteiger partial charge on any atom is 0.225 e. The quantitative estimate of drug-likeness (QED) is 0.866. The van der Waals surface area contributed by atoms with Crippen molar-refractivity contribution in [1.29, 1.82) is 0 Å². The van der Waals surface area contributed by atoms with Gasteiger partial charge in [-0.1, -0.05) is 45.9 Å². The Hall–Kier alpha value is -2.43. The van der Waals surface area contributed by atoms with Crippen molar-refractivity contribution in [3.8, 4) is 0 Å². The van der Waals surface area contributed by atoms with E-state index in [1.807, 2.05) is 31.2 Å². The van der Waals surface area contributed by atoms with E-state index in [0.29, 0.717) is 18.1 Å². The smallest absolute Gasteiger partial charge is 0.225 e. The molecule has 0 fully saturated rings. The fourth-order valence-electron chi connectivity index (χ4n) is 2.28. The van der Waals surface area contributed by atoms with Crippen molar-refractivity contribution in [2.24, 2.45) is 0 Å². The molecule has 0 aliphatic carbocycles. The summed E-state index contributed by atoms with van der Waals surface area (Å²) >= 11 is 0. The van der Waals surface area contributed by atoms with Crippen molar-refractivity contribution >= 4 is 23.2 Å². The van der Waals surface area contributed by atoms with Crippen LogP contribution in [0.5, 0.6) is 0 Å². The number of carbonyl (C=O) groups is 1. The van der Waals surface area contributed by atoms with Crippen LogP contribution >= 0.6 is 0 Å². The Bertz CT molecular complexity index is 659. The Kier molecular flexibility index (Phi) is 5.32. The van der Waals surface area contributed by atoms with Gasteiger partial charge in [-0.15, -0.1) is 10.2 Å². The molecule has 0 unspecified atom stereocenters. The maximum atomic E-state index is 11.5. The summed E-state index contributed by atoms with van der Waals surface area (Å²) in [7, 11) is 0. The number of rotatable bonds is 5. The summed E-state index contributed by atoms with van der Waals surface area (Å²) in [6, 6.07) is 11.7. The van der Waals surface area contributed by atoms with Gasteiger partial charge >= 0.3 is 0 Å².